The number of carbonyl (C=O) groups is 2. The number of hydrogen-bond donors (Lipinski definition) is 1. The zero-order valence-corrected chi connectivity index (χ0v) is 19.4. The molecule has 1 atom stereocenters. The van der Waals surface area contributed by atoms with Gasteiger partial charge < -0.3 is 10.2 Å². The fourth-order valence-electron chi connectivity index (χ4n) is 2.87. The summed E-state index contributed by atoms with van der Waals surface area (Å²) in [6.07, 6.45) is 0.913. The Balaban J connectivity index is 2.40. The van der Waals surface area contributed by atoms with Gasteiger partial charge in [0.1, 0.15) is 18.4 Å². The summed E-state index contributed by atoms with van der Waals surface area (Å²) in [5, 5.41) is 3.07. The van der Waals surface area contributed by atoms with Crippen molar-refractivity contribution < 1.29 is 22.4 Å². The maximum absolute atomic E-state index is 13.7. The van der Waals surface area contributed by atoms with Crippen LogP contribution in [0.15, 0.2) is 42.5 Å². The number of sulfonamides is 1. The lowest BCUT2D eigenvalue weighted by Crippen LogP contribution is -2.50. The Labute approximate surface area is 190 Å². The molecule has 2 rings (SSSR count). The highest BCUT2D eigenvalue weighted by molar-refractivity contribution is 7.92. The molecule has 2 amide bonds. The van der Waals surface area contributed by atoms with Crippen LogP contribution >= 0.6 is 23.2 Å². The van der Waals surface area contributed by atoms with Crippen molar-refractivity contribution in [3.05, 3.63) is 63.9 Å². The molecule has 0 aliphatic carbocycles. The zero-order chi connectivity index (χ0) is 23.3. The van der Waals surface area contributed by atoms with E-state index in [-0.39, 0.29) is 17.3 Å². The number of likely N-dealkylation sites (N-methyl/N-ethyl adjacent to an activating group) is 1. The molecule has 0 heterocycles. The van der Waals surface area contributed by atoms with Gasteiger partial charge in [-0.1, -0.05) is 35.3 Å². The molecule has 0 saturated heterocycles. The normalized spacial score (nSPS) is 12.2. The van der Waals surface area contributed by atoms with Crippen molar-refractivity contribution in [1.29, 1.82) is 0 Å². The average molecular weight is 490 g/mol. The predicted molar refractivity (Wildman–Crippen MR) is 119 cm³/mol. The van der Waals surface area contributed by atoms with Gasteiger partial charge in [0, 0.05) is 13.6 Å². The van der Waals surface area contributed by atoms with Crippen LogP contribution in [-0.2, 0) is 26.2 Å². The Kier molecular flexibility index (Phi) is 8.27. The van der Waals surface area contributed by atoms with Gasteiger partial charge in [0.25, 0.3) is 0 Å². The third-order valence-corrected chi connectivity index (χ3v) is 6.41. The molecule has 1 N–H and O–H groups in total. The van der Waals surface area contributed by atoms with Gasteiger partial charge in [0.15, 0.2) is 0 Å². The molecular formula is C20H22Cl2FN3O4S. The Morgan fingerprint density at radius 3 is 2.35 bits per heavy atom. The van der Waals surface area contributed by atoms with Crippen LogP contribution in [0.2, 0.25) is 10.0 Å². The van der Waals surface area contributed by atoms with Gasteiger partial charge in [-0.15, -0.1) is 0 Å². The smallest absolute Gasteiger partial charge is 0.244 e. The van der Waals surface area contributed by atoms with Crippen molar-refractivity contribution in [3.63, 3.8) is 0 Å². The predicted octanol–water partition coefficient (Wildman–Crippen LogP) is 3.06. The van der Waals surface area contributed by atoms with E-state index in [0.717, 1.165) is 22.7 Å². The molecule has 0 aliphatic heterocycles. The minimum atomic E-state index is -3.92. The molecule has 0 aliphatic rings. The first kappa shape index (κ1) is 24.9. The first-order chi connectivity index (χ1) is 14.4. The summed E-state index contributed by atoms with van der Waals surface area (Å²) in [6.45, 7) is 0.872. The van der Waals surface area contributed by atoms with E-state index in [4.69, 9.17) is 23.2 Å². The van der Waals surface area contributed by atoms with E-state index < -0.39 is 40.2 Å². The van der Waals surface area contributed by atoms with Crippen LogP contribution < -0.4 is 9.62 Å². The SMILES string of the molecule is CNC(=O)C(C)N(Cc1ccc(Cl)c(Cl)c1)C(=O)CN(c1cccc(F)c1)S(C)(=O)=O. The molecule has 0 radical (unpaired) electrons. The molecular weight excluding hydrogens is 468 g/mol. The van der Waals surface area contributed by atoms with Gasteiger partial charge >= 0.3 is 0 Å². The number of amides is 2. The first-order valence-electron chi connectivity index (χ1n) is 9.12. The van der Waals surface area contributed by atoms with Crippen molar-refractivity contribution in [2.45, 2.75) is 19.5 Å². The van der Waals surface area contributed by atoms with Crippen LogP contribution in [0.4, 0.5) is 10.1 Å². The zero-order valence-electron chi connectivity index (χ0n) is 17.1. The molecule has 168 valence electrons. The molecule has 31 heavy (non-hydrogen) atoms. The monoisotopic (exact) mass is 489 g/mol. The highest BCUT2D eigenvalue weighted by atomic mass is 35.5. The number of benzene rings is 2. The molecule has 1 unspecified atom stereocenters. The minimum absolute atomic E-state index is 0.00191. The van der Waals surface area contributed by atoms with E-state index in [9.17, 15) is 22.4 Å². The lowest BCUT2D eigenvalue weighted by molar-refractivity contribution is -0.139. The largest absolute Gasteiger partial charge is 0.357 e. The standard InChI is InChI=1S/C20H22Cl2FN3O4S/c1-13(20(28)24-2)25(11-14-7-8-17(21)18(22)9-14)19(27)12-26(31(3,29)30)16-6-4-5-15(23)10-16/h4-10,13H,11-12H2,1-3H3,(H,24,28). The van der Waals surface area contributed by atoms with Crippen LogP contribution in [0.25, 0.3) is 0 Å². The number of halogens is 3. The Hall–Kier alpha value is -2.36. The van der Waals surface area contributed by atoms with Gasteiger partial charge in [0.2, 0.25) is 21.8 Å². The number of anilines is 1. The molecule has 0 fully saturated rings. The molecule has 2 aromatic carbocycles. The minimum Gasteiger partial charge on any atom is -0.357 e. The second-order valence-electron chi connectivity index (χ2n) is 6.81. The van der Waals surface area contributed by atoms with E-state index in [1.807, 2.05) is 0 Å². The van der Waals surface area contributed by atoms with E-state index in [2.05, 4.69) is 5.32 Å². The van der Waals surface area contributed by atoms with E-state index in [0.29, 0.717) is 10.6 Å². The Morgan fingerprint density at radius 2 is 1.81 bits per heavy atom. The summed E-state index contributed by atoms with van der Waals surface area (Å²) in [5.41, 5.74) is 0.591. The topological polar surface area (TPSA) is 86.8 Å². The summed E-state index contributed by atoms with van der Waals surface area (Å²) in [5.74, 6) is -1.74. The molecule has 2 aromatic rings. The lowest BCUT2D eigenvalue weighted by atomic mass is 10.1. The van der Waals surface area contributed by atoms with Gasteiger partial charge in [-0.2, -0.15) is 0 Å². The highest BCUT2D eigenvalue weighted by Crippen LogP contribution is 2.24. The summed E-state index contributed by atoms with van der Waals surface area (Å²) in [6, 6.07) is 8.74. The van der Waals surface area contributed by atoms with Crippen LogP contribution in [0.1, 0.15) is 12.5 Å². The van der Waals surface area contributed by atoms with Gasteiger partial charge in [0.05, 0.1) is 22.0 Å². The van der Waals surface area contributed by atoms with Crippen molar-refractivity contribution in [3.8, 4) is 0 Å². The quantitative estimate of drug-likeness (QED) is 0.617. The summed E-state index contributed by atoms with van der Waals surface area (Å²) >= 11 is 12.0. The van der Waals surface area contributed by atoms with E-state index >= 15 is 0 Å². The number of hydrogen-bond acceptors (Lipinski definition) is 4. The fourth-order valence-corrected chi connectivity index (χ4v) is 4.03. The van der Waals surface area contributed by atoms with Gasteiger partial charge in [-0.3, -0.25) is 13.9 Å². The fraction of sp³-hybridized carbons (Fsp3) is 0.300. The van der Waals surface area contributed by atoms with E-state index in [1.165, 1.54) is 31.0 Å². The molecule has 7 nitrogen and oxygen atoms in total. The number of carbonyl (C=O) groups excluding carboxylic acids is 2. The highest BCUT2D eigenvalue weighted by Gasteiger charge is 2.29. The second kappa shape index (κ2) is 10.3. The van der Waals surface area contributed by atoms with Crippen molar-refractivity contribution in [2.24, 2.45) is 0 Å². The van der Waals surface area contributed by atoms with Crippen LogP contribution in [0, 0.1) is 5.82 Å². The van der Waals surface area contributed by atoms with Crippen LogP contribution in [0.5, 0.6) is 0 Å². The number of nitrogens with zero attached hydrogens (tertiary/aromatic N) is 2. The number of rotatable bonds is 8. The Bertz CT molecular complexity index is 1080. The van der Waals surface area contributed by atoms with Crippen molar-refractivity contribution >= 4 is 50.7 Å². The third-order valence-electron chi connectivity index (χ3n) is 4.53. The molecule has 0 spiro atoms. The maximum Gasteiger partial charge on any atom is 0.244 e. The summed E-state index contributed by atoms with van der Waals surface area (Å²) in [7, 11) is -2.49. The molecule has 0 aromatic heterocycles. The molecule has 0 saturated carbocycles. The van der Waals surface area contributed by atoms with E-state index in [1.54, 1.807) is 18.2 Å². The van der Waals surface area contributed by atoms with Crippen molar-refractivity contribution in [1.82, 2.24) is 10.2 Å². The summed E-state index contributed by atoms with van der Waals surface area (Å²) < 4.78 is 39.1. The lowest BCUT2D eigenvalue weighted by Gasteiger charge is -2.31. The average Bonchev–Trinajstić information content (AvgIpc) is 2.70. The summed E-state index contributed by atoms with van der Waals surface area (Å²) in [4.78, 5) is 26.6. The first-order valence-corrected chi connectivity index (χ1v) is 11.7. The van der Waals surface area contributed by atoms with Gasteiger partial charge in [-0.25, -0.2) is 12.8 Å². The third kappa shape index (κ3) is 6.56. The molecule has 11 heteroatoms. The Morgan fingerprint density at radius 1 is 1.13 bits per heavy atom. The maximum atomic E-state index is 13.7. The van der Waals surface area contributed by atoms with Crippen LogP contribution in [0.3, 0.4) is 0 Å². The molecule has 0 bridgehead atoms. The van der Waals surface area contributed by atoms with Gasteiger partial charge in [-0.05, 0) is 42.8 Å². The number of nitrogens with one attached hydrogen (secondary N) is 1. The second-order valence-corrected chi connectivity index (χ2v) is 9.53. The van der Waals surface area contributed by atoms with Crippen LogP contribution in [-0.4, -0.2) is 51.0 Å². The van der Waals surface area contributed by atoms with Crippen molar-refractivity contribution in [2.75, 3.05) is 24.2 Å².